The van der Waals surface area contributed by atoms with Crippen molar-refractivity contribution >= 4 is 34.8 Å². The largest absolute Gasteiger partial charge is 0.454 e. The van der Waals surface area contributed by atoms with E-state index in [9.17, 15) is 0 Å². The van der Waals surface area contributed by atoms with Gasteiger partial charge in [0.25, 0.3) is 0 Å². The highest BCUT2D eigenvalue weighted by molar-refractivity contribution is 5.93. The molecule has 0 fully saturated rings. The van der Waals surface area contributed by atoms with Gasteiger partial charge in [0.05, 0.1) is 5.52 Å². The Morgan fingerprint density at radius 1 is 1.09 bits per heavy atom. The van der Waals surface area contributed by atoms with Gasteiger partial charge in [-0.05, 0) is 24.3 Å². The number of benzene rings is 2. The van der Waals surface area contributed by atoms with Gasteiger partial charge in [-0.2, -0.15) is 0 Å². The highest BCUT2D eigenvalue weighted by Gasteiger charge is 2.16. The van der Waals surface area contributed by atoms with Crippen LogP contribution in [0.15, 0.2) is 42.7 Å². The molecule has 114 valence electrons. The Hall–Kier alpha value is -2.97. The third kappa shape index (κ3) is 2.72. The number of aromatic nitrogens is 2. The van der Waals surface area contributed by atoms with Gasteiger partial charge in [0, 0.05) is 22.7 Å². The van der Waals surface area contributed by atoms with Gasteiger partial charge >= 0.3 is 0 Å². The second-order valence-corrected chi connectivity index (χ2v) is 4.80. The zero-order valence-electron chi connectivity index (χ0n) is 11.9. The molecule has 1 aliphatic heterocycles. The number of rotatable bonds is 2. The van der Waals surface area contributed by atoms with Gasteiger partial charge in [0.1, 0.15) is 12.1 Å². The Balaban J connectivity index is 0.00000156. The molecule has 0 saturated heterocycles. The summed E-state index contributed by atoms with van der Waals surface area (Å²) in [5, 5.41) is 4.13. The van der Waals surface area contributed by atoms with Gasteiger partial charge in [-0.25, -0.2) is 9.97 Å². The van der Waals surface area contributed by atoms with Crippen LogP contribution in [0.5, 0.6) is 11.5 Å². The number of terminal acetylenes is 1. The van der Waals surface area contributed by atoms with Crippen LogP contribution in [0.25, 0.3) is 10.9 Å². The van der Waals surface area contributed by atoms with E-state index in [0.29, 0.717) is 17.3 Å². The van der Waals surface area contributed by atoms with Crippen LogP contribution in [-0.2, 0) is 0 Å². The summed E-state index contributed by atoms with van der Waals surface area (Å²) in [5.41, 5.74) is 2.46. The summed E-state index contributed by atoms with van der Waals surface area (Å²) in [4.78, 5) is 8.59. The number of anilines is 2. The van der Waals surface area contributed by atoms with Crippen LogP contribution in [-0.4, -0.2) is 16.8 Å². The monoisotopic (exact) mass is 325 g/mol. The molecule has 0 radical (unpaired) electrons. The number of fused-ring (bicyclic) bond motifs is 2. The fourth-order valence-corrected chi connectivity index (χ4v) is 2.37. The second kappa shape index (κ2) is 6.03. The van der Waals surface area contributed by atoms with Crippen LogP contribution in [0.2, 0.25) is 0 Å². The zero-order valence-corrected chi connectivity index (χ0v) is 12.8. The van der Waals surface area contributed by atoms with Crippen LogP contribution < -0.4 is 14.8 Å². The maximum atomic E-state index is 5.43. The minimum atomic E-state index is 0. The molecule has 1 aromatic heterocycles. The van der Waals surface area contributed by atoms with Crippen molar-refractivity contribution in [3.8, 4) is 23.8 Å². The quantitative estimate of drug-likeness (QED) is 0.731. The van der Waals surface area contributed by atoms with Crippen LogP contribution in [0.4, 0.5) is 11.5 Å². The summed E-state index contributed by atoms with van der Waals surface area (Å²) in [5.74, 6) is 4.70. The summed E-state index contributed by atoms with van der Waals surface area (Å²) in [6.07, 6.45) is 6.94. The lowest BCUT2D eigenvalue weighted by atomic mass is 10.2. The molecule has 1 aliphatic rings. The summed E-state index contributed by atoms with van der Waals surface area (Å²) >= 11 is 0. The lowest BCUT2D eigenvalue weighted by Crippen LogP contribution is -1.96. The van der Waals surface area contributed by atoms with Gasteiger partial charge in [-0.3, -0.25) is 0 Å². The Kier molecular flexibility index (Phi) is 3.92. The molecule has 0 spiro atoms. The maximum Gasteiger partial charge on any atom is 0.231 e. The first-order valence-electron chi connectivity index (χ1n) is 6.71. The number of hydrogen-bond donors (Lipinski definition) is 1. The topological polar surface area (TPSA) is 56.3 Å². The molecule has 0 saturated carbocycles. The predicted octanol–water partition coefficient (Wildman–Crippen LogP) is 3.51. The first-order chi connectivity index (χ1) is 10.8. The highest BCUT2D eigenvalue weighted by Crippen LogP contribution is 2.37. The van der Waals surface area contributed by atoms with Crippen molar-refractivity contribution in [3.63, 3.8) is 0 Å². The van der Waals surface area contributed by atoms with Crippen molar-refractivity contribution < 1.29 is 9.47 Å². The number of halogens is 1. The van der Waals surface area contributed by atoms with Gasteiger partial charge in [-0.15, -0.1) is 18.8 Å². The normalized spacial score (nSPS) is 11.6. The molecule has 0 unspecified atom stereocenters. The molecule has 1 N–H and O–H groups in total. The third-order valence-corrected chi connectivity index (χ3v) is 3.42. The van der Waals surface area contributed by atoms with Crippen LogP contribution in [0, 0.1) is 12.3 Å². The average Bonchev–Trinajstić information content (AvgIpc) is 3.01. The number of nitrogens with one attached hydrogen (secondary N) is 1. The minimum absolute atomic E-state index is 0. The second-order valence-electron chi connectivity index (χ2n) is 4.80. The molecule has 2 aromatic carbocycles. The van der Waals surface area contributed by atoms with Crippen molar-refractivity contribution in [2.24, 2.45) is 0 Å². The van der Waals surface area contributed by atoms with E-state index in [4.69, 9.17) is 15.9 Å². The number of nitrogens with zero attached hydrogens (tertiary/aromatic N) is 2. The first kappa shape index (κ1) is 14.9. The van der Waals surface area contributed by atoms with E-state index in [1.165, 1.54) is 6.33 Å². The molecule has 0 bridgehead atoms. The lowest BCUT2D eigenvalue weighted by Gasteiger charge is -2.09. The van der Waals surface area contributed by atoms with Crippen molar-refractivity contribution in [2.45, 2.75) is 0 Å². The summed E-state index contributed by atoms with van der Waals surface area (Å²) in [7, 11) is 0. The Bertz CT molecular complexity index is 921. The summed E-state index contributed by atoms with van der Waals surface area (Å²) in [6.45, 7) is 0.228. The van der Waals surface area contributed by atoms with Crippen molar-refractivity contribution in [2.75, 3.05) is 12.1 Å². The highest BCUT2D eigenvalue weighted by atomic mass is 35.5. The fourth-order valence-electron chi connectivity index (χ4n) is 2.37. The van der Waals surface area contributed by atoms with E-state index >= 15 is 0 Å². The van der Waals surface area contributed by atoms with Crippen molar-refractivity contribution in [1.82, 2.24) is 9.97 Å². The lowest BCUT2D eigenvalue weighted by molar-refractivity contribution is 0.174. The molecule has 0 amide bonds. The maximum absolute atomic E-state index is 5.43. The molecule has 0 atom stereocenters. The van der Waals surface area contributed by atoms with E-state index in [1.807, 2.05) is 36.4 Å². The fraction of sp³-hybridized carbons (Fsp3) is 0.0588. The summed E-state index contributed by atoms with van der Waals surface area (Å²) < 4.78 is 10.8. The van der Waals surface area contributed by atoms with Gasteiger partial charge in [0.2, 0.25) is 6.79 Å². The SMILES string of the molecule is C#Cc1cccc(Nc2ncnc3cc4c(cc23)OCO4)c1.Cl. The Labute approximate surface area is 139 Å². The standard InChI is InChI=1S/C17H11N3O2.ClH/c1-2-11-4-3-5-12(6-11)20-17-13-7-15-16(22-10-21-15)8-14(13)18-9-19-17;/h1,3-9H,10H2,(H,18,19,20);1H. The zero-order chi connectivity index (χ0) is 14.9. The predicted molar refractivity (Wildman–Crippen MR) is 90.6 cm³/mol. The molecule has 3 aromatic rings. The molecule has 5 nitrogen and oxygen atoms in total. The minimum Gasteiger partial charge on any atom is -0.454 e. The van der Waals surface area contributed by atoms with Gasteiger partial charge in [0.15, 0.2) is 11.5 Å². The van der Waals surface area contributed by atoms with E-state index < -0.39 is 0 Å². The molecule has 4 rings (SSSR count). The van der Waals surface area contributed by atoms with E-state index in [0.717, 1.165) is 22.2 Å². The average molecular weight is 326 g/mol. The summed E-state index contributed by atoms with van der Waals surface area (Å²) in [6, 6.07) is 11.3. The van der Waals surface area contributed by atoms with Crippen LogP contribution in [0.3, 0.4) is 0 Å². The van der Waals surface area contributed by atoms with Gasteiger partial charge in [-0.1, -0.05) is 12.0 Å². The van der Waals surface area contributed by atoms with Crippen LogP contribution >= 0.6 is 12.4 Å². The van der Waals surface area contributed by atoms with E-state index in [2.05, 4.69) is 21.2 Å². The Morgan fingerprint density at radius 2 is 1.91 bits per heavy atom. The van der Waals surface area contributed by atoms with Crippen LogP contribution in [0.1, 0.15) is 5.56 Å². The number of hydrogen-bond acceptors (Lipinski definition) is 5. The van der Waals surface area contributed by atoms with E-state index in [1.54, 1.807) is 0 Å². The number of ether oxygens (including phenoxy) is 2. The van der Waals surface area contributed by atoms with E-state index in [-0.39, 0.29) is 19.2 Å². The molecule has 0 aliphatic carbocycles. The Morgan fingerprint density at radius 3 is 2.74 bits per heavy atom. The molecular weight excluding hydrogens is 314 g/mol. The smallest absolute Gasteiger partial charge is 0.231 e. The van der Waals surface area contributed by atoms with Gasteiger partial charge < -0.3 is 14.8 Å². The first-order valence-corrected chi connectivity index (χ1v) is 6.71. The molecular formula is C17H12ClN3O2. The molecule has 23 heavy (non-hydrogen) atoms. The third-order valence-electron chi connectivity index (χ3n) is 3.42. The molecule has 2 heterocycles. The van der Waals surface area contributed by atoms with Crippen molar-refractivity contribution in [3.05, 3.63) is 48.3 Å². The molecule has 6 heteroatoms. The van der Waals surface area contributed by atoms with Crippen molar-refractivity contribution in [1.29, 1.82) is 0 Å².